The monoisotopic (exact) mass is 417 g/mol. The zero-order valence-electron chi connectivity index (χ0n) is 15.9. The highest BCUT2D eigenvalue weighted by atomic mass is 19.1. The Morgan fingerprint density at radius 2 is 2.07 bits per heavy atom. The van der Waals surface area contributed by atoms with E-state index in [4.69, 9.17) is 14.2 Å². The van der Waals surface area contributed by atoms with Crippen LogP contribution in [-0.2, 0) is 24.9 Å². The Labute approximate surface area is 169 Å². The standard InChI is InChI=1S/C19H17F2N5O4/c1-24-7-13(5-22-24)30-18-14(20)2-11(3-15(18)21)8-29-16-4-17-25(19(27)23-16)6-12-9-28-10-26(12)17/h2-5,7,12H,6,8-10H2,1H3. The summed E-state index contributed by atoms with van der Waals surface area (Å²) in [6.45, 7) is 1.28. The Hall–Kier alpha value is -3.47. The molecular formula is C19H17F2N5O4. The molecule has 5 rings (SSSR count). The Morgan fingerprint density at radius 1 is 1.27 bits per heavy atom. The molecule has 0 aliphatic carbocycles. The van der Waals surface area contributed by atoms with Crippen LogP contribution in [0.1, 0.15) is 5.56 Å². The lowest BCUT2D eigenvalue weighted by atomic mass is 10.2. The van der Waals surface area contributed by atoms with E-state index in [-0.39, 0.29) is 29.8 Å². The van der Waals surface area contributed by atoms with Crippen LogP contribution in [0, 0.1) is 11.6 Å². The zero-order chi connectivity index (χ0) is 20.8. The van der Waals surface area contributed by atoms with E-state index in [1.54, 1.807) is 17.7 Å². The molecule has 0 saturated carbocycles. The quantitative estimate of drug-likeness (QED) is 0.626. The molecule has 156 valence electrons. The van der Waals surface area contributed by atoms with Crippen LogP contribution in [0.25, 0.3) is 0 Å². The molecule has 1 aromatic carbocycles. The summed E-state index contributed by atoms with van der Waals surface area (Å²) in [6, 6.07) is 3.95. The molecule has 11 heteroatoms. The number of aryl methyl sites for hydroxylation is 1. The number of aromatic nitrogens is 4. The summed E-state index contributed by atoms with van der Waals surface area (Å²) in [5.41, 5.74) is -0.206. The van der Waals surface area contributed by atoms with Crippen molar-refractivity contribution in [3.8, 4) is 17.4 Å². The molecule has 2 aliphatic heterocycles. The Kier molecular flexibility index (Phi) is 4.39. The van der Waals surface area contributed by atoms with Crippen LogP contribution in [0.3, 0.4) is 0 Å². The number of rotatable bonds is 5. The third-order valence-corrected chi connectivity index (χ3v) is 4.98. The van der Waals surface area contributed by atoms with E-state index >= 15 is 0 Å². The van der Waals surface area contributed by atoms with Crippen LogP contribution in [0.5, 0.6) is 17.4 Å². The van der Waals surface area contributed by atoms with Crippen LogP contribution in [0.4, 0.5) is 14.6 Å². The smallest absolute Gasteiger partial charge is 0.352 e. The van der Waals surface area contributed by atoms with Crippen molar-refractivity contribution in [3.63, 3.8) is 0 Å². The average molecular weight is 417 g/mol. The van der Waals surface area contributed by atoms with Gasteiger partial charge in [0.15, 0.2) is 23.1 Å². The van der Waals surface area contributed by atoms with Gasteiger partial charge >= 0.3 is 5.69 Å². The number of nitrogens with zero attached hydrogens (tertiary/aromatic N) is 5. The predicted octanol–water partition coefficient (Wildman–Crippen LogP) is 1.80. The second-order valence-electron chi connectivity index (χ2n) is 7.10. The lowest BCUT2D eigenvalue weighted by Crippen LogP contribution is -2.26. The number of ether oxygens (including phenoxy) is 3. The van der Waals surface area contributed by atoms with Crippen molar-refractivity contribution in [2.24, 2.45) is 7.05 Å². The molecule has 0 radical (unpaired) electrons. The SMILES string of the molecule is Cn1cc(Oc2c(F)cc(COc3cc4n(c(=O)n3)CC3COCN43)cc2F)cn1. The van der Waals surface area contributed by atoms with Crippen molar-refractivity contribution in [3.05, 3.63) is 58.3 Å². The van der Waals surface area contributed by atoms with Crippen LogP contribution < -0.4 is 20.1 Å². The molecule has 4 heterocycles. The third kappa shape index (κ3) is 3.26. The van der Waals surface area contributed by atoms with Crippen molar-refractivity contribution in [1.82, 2.24) is 19.3 Å². The summed E-state index contributed by atoms with van der Waals surface area (Å²) in [4.78, 5) is 18.1. The lowest BCUT2D eigenvalue weighted by Gasteiger charge is -2.15. The van der Waals surface area contributed by atoms with Crippen molar-refractivity contribution in [2.75, 3.05) is 18.2 Å². The number of fused-ring (bicyclic) bond motifs is 3. The largest absolute Gasteiger partial charge is 0.473 e. The molecule has 0 N–H and O–H groups in total. The van der Waals surface area contributed by atoms with Gasteiger partial charge in [0.2, 0.25) is 5.88 Å². The molecule has 3 aromatic rings. The first-order valence-electron chi connectivity index (χ1n) is 9.21. The van der Waals surface area contributed by atoms with E-state index in [9.17, 15) is 13.6 Å². The minimum Gasteiger partial charge on any atom is -0.473 e. The fourth-order valence-corrected chi connectivity index (χ4v) is 3.57. The van der Waals surface area contributed by atoms with Gasteiger partial charge in [-0.1, -0.05) is 0 Å². The van der Waals surface area contributed by atoms with Crippen molar-refractivity contribution in [2.45, 2.75) is 19.2 Å². The topological polar surface area (TPSA) is 83.6 Å². The lowest BCUT2D eigenvalue weighted by molar-refractivity contribution is 0.189. The molecule has 9 nitrogen and oxygen atoms in total. The van der Waals surface area contributed by atoms with Gasteiger partial charge in [-0.25, -0.2) is 13.6 Å². The molecule has 1 fully saturated rings. The van der Waals surface area contributed by atoms with Gasteiger partial charge in [-0.2, -0.15) is 10.1 Å². The number of halogens is 2. The molecule has 2 aliphatic rings. The summed E-state index contributed by atoms with van der Waals surface area (Å²) in [6.07, 6.45) is 2.84. The van der Waals surface area contributed by atoms with Crippen molar-refractivity contribution >= 4 is 5.82 Å². The van der Waals surface area contributed by atoms with Gasteiger partial charge in [0.1, 0.15) is 19.2 Å². The molecule has 1 unspecified atom stereocenters. The highest BCUT2D eigenvalue weighted by Gasteiger charge is 2.35. The predicted molar refractivity (Wildman–Crippen MR) is 99.6 cm³/mol. The van der Waals surface area contributed by atoms with Gasteiger partial charge < -0.3 is 19.1 Å². The molecular weight excluding hydrogens is 400 g/mol. The van der Waals surface area contributed by atoms with E-state index in [2.05, 4.69) is 10.1 Å². The van der Waals surface area contributed by atoms with E-state index in [0.29, 0.717) is 25.7 Å². The van der Waals surface area contributed by atoms with E-state index in [1.807, 2.05) is 4.90 Å². The van der Waals surface area contributed by atoms with Gasteiger partial charge in [-0.15, -0.1) is 0 Å². The number of hydrogen-bond donors (Lipinski definition) is 0. The zero-order valence-corrected chi connectivity index (χ0v) is 15.9. The second-order valence-corrected chi connectivity index (χ2v) is 7.10. The maximum atomic E-state index is 14.4. The molecule has 30 heavy (non-hydrogen) atoms. The van der Waals surface area contributed by atoms with E-state index < -0.39 is 23.1 Å². The van der Waals surface area contributed by atoms with Crippen LogP contribution in [-0.4, -0.2) is 38.7 Å². The fraction of sp³-hybridized carbons (Fsp3) is 0.316. The minimum absolute atomic E-state index is 0.0790. The third-order valence-electron chi connectivity index (χ3n) is 4.98. The minimum atomic E-state index is -0.878. The molecule has 2 aromatic heterocycles. The van der Waals surface area contributed by atoms with Crippen molar-refractivity contribution < 1.29 is 23.0 Å². The summed E-state index contributed by atoms with van der Waals surface area (Å²) in [7, 11) is 1.66. The van der Waals surface area contributed by atoms with Gasteiger partial charge in [-0.3, -0.25) is 9.25 Å². The first-order chi connectivity index (χ1) is 14.5. The fourth-order valence-electron chi connectivity index (χ4n) is 3.57. The normalized spacial score (nSPS) is 17.2. The molecule has 1 saturated heterocycles. The number of anilines is 1. The van der Waals surface area contributed by atoms with Gasteiger partial charge in [0.25, 0.3) is 0 Å². The van der Waals surface area contributed by atoms with E-state index in [1.165, 1.54) is 17.1 Å². The molecule has 0 amide bonds. The maximum Gasteiger partial charge on any atom is 0.352 e. The first kappa shape index (κ1) is 18.6. The van der Waals surface area contributed by atoms with Crippen LogP contribution in [0.15, 0.2) is 35.4 Å². The van der Waals surface area contributed by atoms with Crippen molar-refractivity contribution in [1.29, 1.82) is 0 Å². The molecule has 0 bridgehead atoms. The summed E-state index contributed by atoms with van der Waals surface area (Å²) in [5.74, 6) is -1.33. The average Bonchev–Trinajstić information content (AvgIpc) is 3.40. The first-order valence-corrected chi connectivity index (χ1v) is 9.21. The highest BCUT2D eigenvalue weighted by Crippen LogP contribution is 2.31. The Bertz CT molecular complexity index is 1150. The Balaban J connectivity index is 1.33. The molecule has 0 spiro atoms. The van der Waals surface area contributed by atoms with Crippen LogP contribution in [0.2, 0.25) is 0 Å². The summed E-state index contributed by atoms with van der Waals surface area (Å²) in [5, 5.41) is 3.89. The Morgan fingerprint density at radius 3 is 2.80 bits per heavy atom. The van der Waals surface area contributed by atoms with Gasteiger partial charge in [0, 0.05) is 13.1 Å². The van der Waals surface area contributed by atoms with Gasteiger partial charge in [-0.05, 0) is 17.7 Å². The number of hydrogen-bond acceptors (Lipinski definition) is 7. The van der Waals surface area contributed by atoms with Crippen LogP contribution >= 0.6 is 0 Å². The highest BCUT2D eigenvalue weighted by molar-refractivity contribution is 5.47. The molecule has 1 atom stereocenters. The second kappa shape index (κ2) is 7.10. The van der Waals surface area contributed by atoms with E-state index in [0.717, 1.165) is 12.1 Å². The maximum absolute atomic E-state index is 14.4. The summed E-state index contributed by atoms with van der Waals surface area (Å²) >= 11 is 0. The summed E-state index contributed by atoms with van der Waals surface area (Å²) < 4.78 is 48.0. The number of benzene rings is 1. The van der Waals surface area contributed by atoms with Gasteiger partial charge in [0.05, 0.1) is 31.6 Å².